The SMILES string of the molecule is O=S(=O)(N1CCCCCC1)N1CCN(Cc2ccc(Br)s2)CC1. The van der Waals surface area contributed by atoms with Crippen LogP contribution in [0.25, 0.3) is 0 Å². The second-order valence-electron chi connectivity index (χ2n) is 6.20. The van der Waals surface area contributed by atoms with E-state index in [1.807, 2.05) is 0 Å². The smallest absolute Gasteiger partial charge is 0.282 e. The molecule has 0 aliphatic carbocycles. The lowest BCUT2D eigenvalue weighted by molar-refractivity contribution is 0.176. The molecule has 3 rings (SSSR count). The van der Waals surface area contributed by atoms with Crippen LogP contribution in [0.1, 0.15) is 30.6 Å². The molecule has 2 fully saturated rings. The van der Waals surface area contributed by atoms with Gasteiger partial charge in [0.2, 0.25) is 0 Å². The van der Waals surface area contributed by atoms with Gasteiger partial charge in [-0.15, -0.1) is 11.3 Å². The van der Waals surface area contributed by atoms with Crippen molar-refractivity contribution in [1.82, 2.24) is 13.5 Å². The van der Waals surface area contributed by atoms with Crippen molar-refractivity contribution in [2.75, 3.05) is 39.3 Å². The van der Waals surface area contributed by atoms with Crippen LogP contribution in [0.5, 0.6) is 0 Å². The standard InChI is InChI=1S/C15H24BrN3O2S2/c16-15-6-5-14(22-15)13-17-9-11-19(12-10-17)23(20,21)18-7-3-1-2-4-8-18/h5-6H,1-4,7-13H2. The van der Waals surface area contributed by atoms with Gasteiger partial charge in [0.1, 0.15) is 0 Å². The van der Waals surface area contributed by atoms with E-state index >= 15 is 0 Å². The van der Waals surface area contributed by atoms with Crippen LogP contribution in [0.15, 0.2) is 15.9 Å². The zero-order valence-corrected chi connectivity index (χ0v) is 16.5. The third-order valence-electron chi connectivity index (χ3n) is 4.56. The van der Waals surface area contributed by atoms with Crippen molar-refractivity contribution in [3.63, 3.8) is 0 Å². The number of nitrogens with zero attached hydrogens (tertiary/aromatic N) is 3. The molecule has 0 radical (unpaired) electrons. The van der Waals surface area contributed by atoms with Crippen molar-refractivity contribution in [3.8, 4) is 0 Å². The van der Waals surface area contributed by atoms with Crippen molar-refractivity contribution < 1.29 is 8.42 Å². The quantitative estimate of drug-likeness (QED) is 0.750. The maximum Gasteiger partial charge on any atom is 0.282 e. The molecule has 0 spiro atoms. The van der Waals surface area contributed by atoms with E-state index in [2.05, 4.69) is 33.0 Å². The highest BCUT2D eigenvalue weighted by molar-refractivity contribution is 9.11. The third kappa shape index (κ3) is 4.55. The van der Waals surface area contributed by atoms with Crippen LogP contribution < -0.4 is 0 Å². The Morgan fingerprint density at radius 3 is 2.09 bits per heavy atom. The van der Waals surface area contributed by atoms with Gasteiger partial charge in [-0.3, -0.25) is 4.90 Å². The summed E-state index contributed by atoms with van der Waals surface area (Å²) in [6, 6.07) is 4.20. The van der Waals surface area contributed by atoms with E-state index in [-0.39, 0.29) is 0 Å². The van der Waals surface area contributed by atoms with E-state index in [9.17, 15) is 8.42 Å². The minimum absolute atomic E-state index is 0.603. The molecule has 0 atom stereocenters. The summed E-state index contributed by atoms with van der Waals surface area (Å²) >= 11 is 5.24. The van der Waals surface area contributed by atoms with Gasteiger partial charge in [0, 0.05) is 50.7 Å². The highest BCUT2D eigenvalue weighted by Gasteiger charge is 2.32. The first kappa shape index (κ1) is 17.8. The summed E-state index contributed by atoms with van der Waals surface area (Å²) in [6.45, 7) is 5.10. The molecule has 8 heteroatoms. The minimum Gasteiger partial charge on any atom is -0.296 e. The fourth-order valence-corrected chi connectivity index (χ4v) is 6.41. The second kappa shape index (κ2) is 7.93. The van der Waals surface area contributed by atoms with Crippen LogP contribution in [0.2, 0.25) is 0 Å². The molecular weight excluding hydrogens is 398 g/mol. The van der Waals surface area contributed by atoms with Crippen molar-refractivity contribution in [1.29, 1.82) is 0 Å². The van der Waals surface area contributed by atoms with Gasteiger partial charge in [0.15, 0.2) is 0 Å². The van der Waals surface area contributed by atoms with Crippen molar-refractivity contribution in [2.24, 2.45) is 0 Å². The van der Waals surface area contributed by atoms with E-state index in [1.165, 1.54) is 4.88 Å². The minimum atomic E-state index is -3.27. The van der Waals surface area contributed by atoms with Gasteiger partial charge in [0.25, 0.3) is 10.2 Å². The number of hydrogen-bond donors (Lipinski definition) is 0. The van der Waals surface area contributed by atoms with Gasteiger partial charge in [-0.05, 0) is 40.9 Å². The fraction of sp³-hybridized carbons (Fsp3) is 0.733. The highest BCUT2D eigenvalue weighted by atomic mass is 79.9. The Kier molecular flexibility index (Phi) is 6.14. The van der Waals surface area contributed by atoms with Gasteiger partial charge in [-0.25, -0.2) is 0 Å². The van der Waals surface area contributed by atoms with E-state index in [0.29, 0.717) is 26.2 Å². The van der Waals surface area contributed by atoms with Crippen LogP contribution in [-0.4, -0.2) is 61.2 Å². The van der Waals surface area contributed by atoms with E-state index < -0.39 is 10.2 Å². The first-order chi connectivity index (χ1) is 11.1. The Hall–Kier alpha value is 0.01000. The lowest BCUT2D eigenvalue weighted by Crippen LogP contribution is -2.52. The summed E-state index contributed by atoms with van der Waals surface area (Å²) in [5, 5.41) is 0. The molecule has 0 bridgehead atoms. The molecule has 0 unspecified atom stereocenters. The highest BCUT2D eigenvalue weighted by Crippen LogP contribution is 2.24. The van der Waals surface area contributed by atoms with Crippen LogP contribution in [0.4, 0.5) is 0 Å². The number of rotatable bonds is 4. The van der Waals surface area contributed by atoms with E-state index in [1.54, 1.807) is 19.9 Å². The van der Waals surface area contributed by atoms with E-state index in [4.69, 9.17) is 0 Å². The van der Waals surface area contributed by atoms with Crippen molar-refractivity contribution >= 4 is 37.5 Å². The van der Waals surface area contributed by atoms with Gasteiger partial charge in [0.05, 0.1) is 3.79 Å². The Morgan fingerprint density at radius 1 is 0.913 bits per heavy atom. The van der Waals surface area contributed by atoms with E-state index in [0.717, 1.165) is 49.1 Å². The largest absolute Gasteiger partial charge is 0.296 e. The van der Waals surface area contributed by atoms with Gasteiger partial charge >= 0.3 is 0 Å². The number of halogens is 1. The third-order valence-corrected chi connectivity index (χ3v) is 8.20. The summed E-state index contributed by atoms with van der Waals surface area (Å²) < 4.78 is 30.1. The monoisotopic (exact) mass is 421 g/mol. The number of piperazine rings is 1. The maximum absolute atomic E-state index is 12.8. The molecule has 1 aromatic heterocycles. The van der Waals surface area contributed by atoms with Crippen LogP contribution in [0, 0.1) is 0 Å². The predicted molar refractivity (Wildman–Crippen MR) is 97.8 cm³/mol. The predicted octanol–water partition coefficient (Wildman–Crippen LogP) is 2.75. The summed E-state index contributed by atoms with van der Waals surface area (Å²) in [5.41, 5.74) is 0. The summed E-state index contributed by atoms with van der Waals surface area (Å²) in [6.07, 6.45) is 4.28. The Balaban J connectivity index is 1.55. The Labute approximate surface area is 151 Å². The Morgan fingerprint density at radius 2 is 1.52 bits per heavy atom. The molecule has 1 aromatic rings. The molecule has 3 heterocycles. The van der Waals surface area contributed by atoms with Crippen LogP contribution in [-0.2, 0) is 16.8 Å². The van der Waals surface area contributed by atoms with Crippen LogP contribution >= 0.6 is 27.3 Å². The number of hydrogen-bond acceptors (Lipinski definition) is 4. The molecule has 130 valence electrons. The molecule has 0 saturated carbocycles. The maximum atomic E-state index is 12.8. The Bertz CT molecular complexity index is 604. The fourth-order valence-electron chi connectivity index (χ4n) is 3.21. The molecule has 0 amide bonds. The molecule has 0 N–H and O–H groups in total. The topological polar surface area (TPSA) is 43.9 Å². The lowest BCUT2D eigenvalue weighted by Gasteiger charge is -2.36. The first-order valence-electron chi connectivity index (χ1n) is 8.27. The second-order valence-corrected chi connectivity index (χ2v) is 10.7. The molecule has 2 aliphatic rings. The lowest BCUT2D eigenvalue weighted by atomic mass is 10.2. The molecule has 2 saturated heterocycles. The summed E-state index contributed by atoms with van der Waals surface area (Å²) in [5.74, 6) is 0. The molecule has 23 heavy (non-hydrogen) atoms. The normalized spacial score (nSPS) is 23.0. The molecule has 2 aliphatic heterocycles. The summed E-state index contributed by atoms with van der Waals surface area (Å²) in [7, 11) is -3.27. The molecule has 0 aromatic carbocycles. The first-order valence-corrected chi connectivity index (χ1v) is 11.3. The van der Waals surface area contributed by atoms with Gasteiger partial charge in [-0.1, -0.05) is 12.8 Å². The molecular formula is C15H24BrN3O2S2. The average molecular weight is 422 g/mol. The number of thiophene rings is 1. The summed E-state index contributed by atoms with van der Waals surface area (Å²) in [4.78, 5) is 3.66. The van der Waals surface area contributed by atoms with Gasteiger partial charge in [-0.2, -0.15) is 17.0 Å². The van der Waals surface area contributed by atoms with Crippen molar-refractivity contribution in [2.45, 2.75) is 32.2 Å². The zero-order chi connectivity index (χ0) is 16.3. The zero-order valence-electron chi connectivity index (χ0n) is 13.3. The molecule has 5 nitrogen and oxygen atoms in total. The van der Waals surface area contributed by atoms with Crippen LogP contribution in [0.3, 0.4) is 0 Å². The van der Waals surface area contributed by atoms with Crippen molar-refractivity contribution in [3.05, 3.63) is 20.8 Å². The van der Waals surface area contributed by atoms with Gasteiger partial charge < -0.3 is 0 Å². The average Bonchev–Trinajstić information content (AvgIpc) is 2.79.